The molecule has 1 aliphatic carbocycles. The largest absolute Gasteiger partial charge is 0.400 e. The summed E-state index contributed by atoms with van der Waals surface area (Å²) in [7, 11) is 1.57. The van der Waals surface area contributed by atoms with E-state index >= 15 is 0 Å². The van der Waals surface area contributed by atoms with Crippen molar-refractivity contribution in [2.75, 3.05) is 26.0 Å². The molecule has 1 aromatic carbocycles. The van der Waals surface area contributed by atoms with Gasteiger partial charge in [0.05, 0.1) is 18.2 Å². The molecule has 0 spiro atoms. The van der Waals surface area contributed by atoms with Gasteiger partial charge in [-0.3, -0.25) is 4.79 Å². The predicted octanol–water partition coefficient (Wildman–Crippen LogP) is 4.05. The van der Waals surface area contributed by atoms with Gasteiger partial charge in [0.1, 0.15) is 0 Å². The highest BCUT2D eigenvalue weighted by Gasteiger charge is 2.19. The fourth-order valence-electron chi connectivity index (χ4n) is 3.59. The second-order valence-corrected chi connectivity index (χ2v) is 8.50. The lowest BCUT2D eigenvalue weighted by molar-refractivity contribution is -0.117. The Morgan fingerprint density at radius 1 is 1.30 bits per heavy atom. The smallest absolute Gasteiger partial charge is 0.249 e. The van der Waals surface area contributed by atoms with Gasteiger partial charge in [-0.2, -0.15) is 5.26 Å². The van der Waals surface area contributed by atoms with Crippen molar-refractivity contribution >= 4 is 23.2 Å². The van der Waals surface area contributed by atoms with E-state index in [4.69, 9.17) is 10.5 Å². The normalized spacial score (nSPS) is 16.7. The Kier molecular flexibility index (Phi) is 7.95. The van der Waals surface area contributed by atoms with E-state index in [-0.39, 0.29) is 12.5 Å². The molecule has 0 bridgehead atoms. The third-order valence-electron chi connectivity index (χ3n) is 5.20. The molecule has 1 aliphatic heterocycles. The van der Waals surface area contributed by atoms with Crippen molar-refractivity contribution in [2.24, 2.45) is 5.73 Å². The third-order valence-corrected chi connectivity index (χ3v) is 6.32. The molecule has 1 aromatic rings. The van der Waals surface area contributed by atoms with Crippen LogP contribution >= 0.6 is 11.8 Å². The number of carbonyl (C=O) groups excluding carboxylic acids is 1. The number of nitrogens with zero attached hydrogens (tertiary/aromatic N) is 1. The van der Waals surface area contributed by atoms with Gasteiger partial charge >= 0.3 is 0 Å². The summed E-state index contributed by atoms with van der Waals surface area (Å²) in [5, 5.41) is 12.4. The monoisotopic (exact) mass is 421 g/mol. The third kappa shape index (κ3) is 5.65. The van der Waals surface area contributed by atoms with Crippen molar-refractivity contribution in [1.82, 2.24) is 5.32 Å². The fraction of sp³-hybridized carbons (Fsp3) is 0.333. The summed E-state index contributed by atoms with van der Waals surface area (Å²) >= 11 is 1.78. The van der Waals surface area contributed by atoms with Crippen LogP contribution in [0.15, 0.2) is 64.2 Å². The molecule has 0 radical (unpaired) electrons. The maximum absolute atomic E-state index is 12.8. The highest BCUT2D eigenvalue weighted by molar-refractivity contribution is 8.03. The van der Waals surface area contributed by atoms with Gasteiger partial charge in [0.25, 0.3) is 0 Å². The number of ether oxygens (including phenoxy) is 1. The number of hydrogen-bond acceptors (Lipinski definition) is 5. The number of thioether (sulfide) groups is 1. The molecule has 30 heavy (non-hydrogen) atoms. The van der Waals surface area contributed by atoms with Crippen LogP contribution in [0.5, 0.6) is 0 Å². The van der Waals surface area contributed by atoms with Gasteiger partial charge in [-0.15, -0.1) is 11.8 Å². The molecule has 2 aliphatic rings. The lowest BCUT2D eigenvalue weighted by atomic mass is 9.88. The number of nitrogens with one attached hydrogen (secondary N) is 1. The molecule has 1 amide bonds. The van der Waals surface area contributed by atoms with Crippen LogP contribution in [-0.4, -0.2) is 31.9 Å². The van der Waals surface area contributed by atoms with Crippen LogP contribution < -0.4 is 11.1 Å². The zero-order valence-electron chi connectivity index (χ0n) is 17.2. The Labute approximate surface area is 182 Å². The van der Waals surface area contributed by atoms with E-state index in [0.29, 0.717) is 29.8 Å². The molecule has 0 fully saturated rings. The maximum atomic E-state index is 12.8. The minimum atomic E-state index is -0.136. The van der Waals surface area contributed by atoms with Crippen LogP contribution in [-0.2, 0) is 9.53 Å². The molecule has 6 heteroatoms. The summed E-state index contributed by atoms with van der Waals surface area (Å²) < 4.78 is 5.16. The van der Waals surface area contributed by atoms with Crippen LogP contribution in [0.2, 0.25) is 0 Å². The molecule has 0 aromatic heterocycles. The van der Waals surface area contributed by atoms with Gasteiger partial charge in [-0.25, -0.2) is 0 Å². The van der Waals surface area contributed by atoms with Crippen LogP contribution in [0.3, 0.4) is 0 Å². The first-order chi connectivity index (χ1) is 14.6. The summed E-state index contributed by atoms with van der Waals surface area (Å²) in [5.74, 6) is 0.944. The van der Waals surface area contributed by atoms with Crippen molar-refractivity contribution < 1.29 is 9.53 Å². The summed E-state index contributed by atoms with van der Waals surface area (Å²) in [4.78, 5) is 14.0. The minimum absolute atomic E-state index is 0.136. The Morgan fingerprint density at radius 2 is 2.13 bits per heavy atom. The van der Waals surface area contributed by atoms with Crippen molar-refractivity contribution in [1.29, 1.82) is 5.26 Å². The number of carbonyl (C=O) groups is 1. The van der Waals surface area contributed by atoms with E-state index in [1.165, 1.54) is 4.91 Å². The van der Waals surface area contributed by atoms with Gasteiger partial charge in [-0.05, 0) is 36.5 Å². The van der Waals surface area contributed by atoms with Crippen LogP contribution in [0.1, 0.15) is 36.8 Å². The van der Waals surface area contributed by atoms with Gasteiger partial charge in [-0.1, -0.05) is 42.0 Å². The summed E-state index contributed by atoms with van der Waals surface area (Å²) in [6, 6.07) is 9.90. The van der Waals surface area contributed by atoms with E-state index in [2.05, 4.69) is 29.6 Å². The van der Waals surface area contributed by atoms with E-state index in [1.807, 2.05) is 24.3 Å². The standard InChI is InChI=1S/C24H27N3O2S/c1-29-16-23(26)22(24(28)27-15-20-6-4-12-30-20)13-17-8-10-18(11-9-17)21-7-3-2-5-19(21)14-25/h2-3,5-8,10H,4,9,11-13,15-16,26H2,1H3,(H,27,28)/b23-22-. The van der Waals surface area contributed by atoms with Crippen LogP contribution in [0, 0.1) is 11.3 Å². The zero-order valence-corrected chi connectivity index (χ0v) is 18.1. The first kappa shape index (κ1) is 21.9. The van der Waals surface area contributed by atoms with Crippen LogP contribution in [0.25, 0.3) is 5.57 Å². The summed E-state index contributed by atoms with van der Waals surface area (Å²) in [6.45, 7) is 0.769. The number of hydrogen-bond donors (Lipinski definition) is 2. The first-order valence-corrected chi connectivity index (χ1v) is 11.1. The Balaban J connectivity index is 1.74. The van der Waals surface area contributed by atoms with E-state index in [1.54, 1.807) is 18.9 Å². The topological polar surface area (TPSA) is 88.1 Å². The van der Waals surface area contributed by atoms with Gasteiger partial charge < -0.3 is 15.8 Å². The molecular formula is C24H27N3O2S. The van der Waals surface area contributed by atoms with E-state index in [0.717, 1.165) is 41.7 Å². The minimum Gasteiger partial charge on any atom is -0.400 e. The highest BCUT2D eigenvalue weighted by Crippen LogP contribution is 2.31. The Morgan fingerprint density at radius 3 is 2.80 bits per heavy atom. The van der Waals surface area contributed by atoms with E-state index < -0.39 is 0 Å². The average Bonchev–Trinajstić information content (AvgIpc) is 3.30. The maximum Gasteiger partial charge on any atom is 0.249 e. The molecule has 3 N–H and O–H groups in total. The lowest BCUT2D eigenvalue weighted by Crippen LogP contribution is -2.29. The fourth-order valence-corrected chi connectivity index (χ4v) is 4.50. The highest BCUT2D eigenvalue weighted by atomic mass is 32.2. The van der Waals surface area contributed by atoms with Crippen molar-refractivity contribution in [3.8, 4) is 6.07 Å². The molecule has 0 saturated carbocycles. The first-order valence-electron chi connectivity index (χ1n) is 10.1. The predicted molar refractivity (Wildman–Crippen MR) is 122 cm³/mol. The molecule has 3 rings (SSSR count). The molecule has 0 unspecified atom stereocenters. The Bertz CT molecular complexity index is 967. The molecule has 0 atom stereocenters. The van der Waals surface area contributed by atoms with Crippen molar-refractivity contribution in [3.63, 3.8) is 0 Å². The number of benzene rings is 1. The van der Waals surface area contributed by atoms with E-state index in [9.17, 15) is 10.1 Å². The second-order valence-electron chi connectivity index (χ2n) is 7.28. The summed E-state index contributed by atoms with van der Waals surface area (Å²) in [5.41, 5.74) is 11.2. The number of amides is 1. The molecular weight excluding hydrogens is 394 g/mol. The van der Waals surface area contributed by atoms with Gasteiger partial charge in [0.15, 0.2) is 0 Å². The molecule has 1 heterocycles. The number of methoxy groups -OCH3 is 1. The number of allylic oxidation sites excluding steroid dienone is 5. The number of nitriles is 1. The van der Waals surface area contributed by atoms with Crippen molar-refractivity contribution in [3.05, 3.63) is 75.4 Å². The number of nitrogens with two attached hydrogens (primary N) is 1. The van der Waals surface area contributed by atoms with Gasteiger partial charge in [0.2, 0.25) is 5.91 Å². The number of rotatable bonds is 8. The zero-order chi connectivity index (χ0) is 21.3. The van der Waals surface area contributed by atoms with Crippen LogP contribution in [0.4, 0.5) is 0 Å². The SMILES string of the molecule is COC/C(N)=C(\CC1=CC=C(c2ccccc2C#N)CC1)C(=O)NCC1=CCCS1. The van der Waals surface area contributed by atoms with Gasteiger partial charge in [0, 0.05) is 42.0 Å². The molecule has 156 valence electrons. The van der Waals surface area contributed by atoms with Crippen molar-refractivity contribution in [2.45, 2.75) is 25.7 Å². The molecule has 5 nitrogen and oxygen atoms in total. The lowest BCUT2D eigenvalue weighted by Gasteiger charge is -2.18. The summed E-state index contributed by atoms with van der Waals surface area (Å²) in [6.07, 6.45) is 9.48. The molecule has 0 saturated heterocycles. The second kappa shape index (κ2) is 10.9. The average molecular weight is 422 g/mol. The quantitative estimate of drug-likeness (QED) is 0.618. The Hall–Kier alpha value is -2.75.